The van der Waals surface area contributed by atoms with Gasteiger partial charge < -0.3 is 10.4 Å². The molecule has 0 aromatic heterocycles. The Morgan fingerprint density at radius 3 is 2.56 bits per heavy atom. The van der Waals surface area contributed by atoms with Crippen LogP contribution in [0.4, 0.5) is 5.69 Å². The number of para-hydroxylation sites is 1. The van der Waals surface area contributed by atoms with Gasteiger partial charge >= 0.3 is 5.97 Å². The Hall–Kier alpha value is -1.51. The third-order valence-electron chi connectivity index (χ3n) is 3.81. The molecule has 0 radical (unpaired) electrons. The number of carbonyl (C=O) groups is 1. The summed E-state index contributed by atoms with van der Waals surface area (Å²) in [6.07, 6.45) is 4.53. The predicted octanol–water partition coefficient (Wildman–Crippen LogP) is 3.44. The van der Waals surface area contributed by atoms with Crippen LogP contribution in [0.2, 0.25) is 0 Å². The van der Waals surface area contributed by atoms with Gasteiger partial charge in [0.2, 0.25) is 0 Å². The molecule has 98 valence electrons. The molecule has 1 aromatic rings. The first kappa shape index (κ1) is 12.9. The van der Waals surface area contributed by atoms with Crippen LogP contribution >= 0.6 is 0 Å². The van der Waals surface area contributed by atoms with E-state index in [9.17, 15) is 4.79 Å². The predicted molar refractivity (Wildman–Crippen MR) is 72.8 cm³/mol. The van der Waals surface area contributed by atoms with E-state index in [1.165, 1.54) is 11.3 Å². The highest BCUT2D eigenvalue weighted by Crippen LogP contribution is 2.29. The highest BCUT2D eigenvalue weighted by atomic mass is 16.4. The third kappa shape index (κ3) is 3.49. The summed E-state index contributed by atoms with van der Waals surface area (Å²) in [6, 6.07) is 8.81. The molecule has 0 bridgehead atoms. The smallest absolute Gasteiger partial charge is 0.303 e. The molecule has 0 saturated heterocycles. The molecule has 2 rings (SSSR count). The Labute approximate surface area is 108 Å². The molecular weight excluding hydrogens is 226 g/mol. The molecule has 0 unspecified atom stereocenters. The van der Waals surface area contributed by atoms with Crippen LogP contribution in [0, 0.1) is 12.8 Å². The van der Waals surface area contributed by atoms with E-state index in [0.29, 0.717) is 18.4 Å². The Morgan fingerprint density at radius 1 is 1.28 bits per heavy atom. The average molecular weight is 247 g/mol. The summed E-state index contributed by atoms with van der Waals surface area (Å²) >= 11 is 0. The second-order valence-corrected chi connectivity index (χ2v) is 5.27. The van der Waals surface area contributed by atoms with Gasteiger partial charge in [-0.1, -0.05) is 18.2 Å². The number of anilines is 1. The molecule has 1 aliphatic carbocycles. The minimum Gasteiger partial charge on any atom is -0.481 e. The maximum atomic E-state index is 10.7. The van der Waals surface area contributed by atoms with E-state index in [1.807, 2.05) is 12.1 Å². The molecule has 1 aliphatic rings. The number of nitrogens with one attached hydrogen (secondary N) is 1. The van der Waals surface area contributed by atoms with Crippen molar-refractivity contribution in [2.75, 3.05) is 5.32 Å². The number of rotatable bonds is 4. The van der Waals surface area contributed by atoms with E-state index in [4.69, 9.17) is 5.11 Å². The monoisotopic (exact) mass is 247 g/mol. The molecule has 1 fully saturated rings. The van der Waals surface area contributed by atoms with Crippen LogP contribution in [0.3, 0.4) is 0 Å². The number of hydrogen-bond acceptors (Lipinski definition) is 2. The maximum absolute atomic E-state index is 10.7. The zero-order valence-electron chi connectivity index (χ0n) is 10.9. The van der Waals surface area contributed by atoms with Crippen LogP contribution in [0.25, 0.3) is 0 Å². The summed E-state index contributed by atoms with van der Waals surface area (Å²) in [5.41, 5.74) is 2.48. The van der Waals surface area contributed by atoms with Gasteiger partial charge in [0.1, 0.15) is 0 Å². The third-order valence-corrected chi connectivity index (χ3v) is 3.81. The summed E-state index contributed by atoms with van der Waals surface area (Å²) in [4.78, 5) is 10.7. The van der Waals surface area contributed by atoms with Gasteiger partial charge in [-0.2, -0.15) is 0 Å². The molecule has 18 heavy (non-hydrogen) atoms. The second-order valence-electron chi connectivity index (χ2n) is 5.27. The zero-order valence-corrected chi connectivity index (χ0v) is 10.9. The number of aryl methyl sites for hydroxylation is 1. The van der Waals surface area contributed by atoms with Gasteiger partial charge in [-0.3, -0.25) is 4.79 Å². The molecule has 0 spiro atoms. The fraction of sp³-hybridized carbons (Fsp3) is 0.533. The normalized spacial score (nSPS) is 23.6. The number of benzene rings is 1. The Morgan fingerprint density at radius 2 is 1.94 bits per heavy atom. The first-order valence-corrected chi connectivity index (χ1v) is 6.69. The number of hydrogen-bond donors (Lipinski definition) is 2. The minimum atomic E-state index is -0.662. The van der Waals surface area contributed by atoms with Crippen molar-refractivity contribution in [2.24, 2.45) is 5.92 Å². The van der Waals surface area contributed by atoms with E-state index in [1.54, 1.807) is 0 Å². The summed E-state index contributed by atoms with van der Waals surface area (Å²) in [7, 11) is 0. The summed E-state index contributed by atoms with van der Waals surface area (Å²) < 4.78 is 0. The summed E-state index contributed by atoms with van der Waals surface area (Å²) in [6.45, 7) is 2.11. The van der Waals surface area contributed by atoms with Crippen LogP contribution < -0.4 is 5.32 Å². The van der Waals surface area contributed by atoms with E-state index in [2.05, 4.69) is 24.4 Å². The van der Waals surface area contributed by atoms with Crippen LogP contribution in [0.5, 0.6) is 0 Å². The van der Waals surface area contributed by atoms with Crippen LogP contribution in [-0.4, -0.2) is 17.1 Å². The van der Waals surface area contributed by atoms with E-state index in [-0.39, 0.29) is 0 Å². The quantitative estimate of drug-likeness (QED) is 0.856. The van der Waals surface area contributed by atoms with E-state index < -0.39 is 5.97 Å². The van der Waals surface area contributed by atoms with Gasteiger partial charge in [-0.25, -0.2) is 0 Å². The molecule has 2 N–H and O–H groups in total. The lowest BCUT2D eigenvalue weighted by atomic mass is 9.84. The molecule has 0 heterocycles. The molecule has 0 atom stereocenters. The van der Waals surface area contributed by atoms with Crippen molar-refractivity contribution < 1.29 is 9.90 Å². The van der Waals surface area contributed by atoms with Gasteiger partial charge in [0.25, 0.3) is 0 Å². The molecule has 1 aromatic carbocycles. The van der Waals surface area contributed by atoms with Gasteiger partial charge in [0.15, 0.2) is 0 Å². The maximum Gasteiger partial charge on any atom is 0.303 e. The van der Waals surface area contributed by atoms with Crippen LogP contribution in [-0.2, 0) is 4.79 Å². The highest BCUT2D eigenvalue weighted by molar-refractivity contribution is 5.67. The van der Waals surface area contributed by atoms with Crippen LogP contribution in [0.1, 0.15) is 37.7 Å². The van der Waals surface area contributed by atoms with E-state index >= 15 is 0 Å². The standard InChI is InChI=1S/C15H21NO2/c1-11-4-2-3-5-14(11)16-13-8-6-12(7-9-13)10-15(17)18/h2-5,12-13,16H,6-10H2,1H3,(H,17,18). The number of aliphatic carboxylic acids is 1. The number of carboxylic acid groups (broad SMARTS) is 1. The Bertz CT molecular complexity index is 409. The Kier molecular flexibility index (Phi) is 4.24. The molecule has 3 nitrogen and oxygen atoms in total. The van der Waals surface area contributed by atoms with Crippen molar-refractivity contribution in [1.29, 1.82) is 0 Å². The minimum absolute atomic E-state index is 0.330. The fourth-order valence-electron chi connectivity index (χ4n) is 2.71. The largest absolute Gasteiger partial charge is 0.481 e. The van der Waals surface area contributed by atoms with Crippen molar-refractivity contribution in [3.8, 4) is 0 Å². The van der Waals surface area contributed by atoms with Gasteiger partial charge in [0.05, 0.1) is 0 Å². The summed E-state index contributed by atoms with van der Waals surface area (Å²) in [5, 5.41) is 12.4. The van der Waals surface area contributed by atoms with Gasteiger partial charge in [-0.15, -0.1) is 0 Å². The van der Waals surface area contributed by atoms with Crippen molar-refractivity contribution in [2.45, 2.75) is 45.1 Å². The van der Waals surface area contributed by atoms with Crippen LogP contribution in [0.15, 0.2) is 24.3 Å². The zero-order chi connectivity index (χ0) is 13.0. The SMILES string of the molecule is Cc1ccccc1NC1CCC(CC(=O)O)CC1. The number of carboxylic acids is 1. The summed E-state index contributed by atoms with van der Waals surface area (Å²) in [5.74, 6) is -0.289. The van der Waals surface area contributed by atoms with Gasteiger partial charge in [-0.05, 0) is 50.2 Å². The molecule has 0 amide bonds. The van der Waals surface area contributed by atoms with Crippen molar-refractivity contribution in [1.82, 2.24) is 0 Å². The lowest BCUT2D eigenvalue weighted by Gasteiger charge is -2.29. The highest BCUT2D eigenvalue weighted by Gasteiger charge is 2.22. The van der Waals surface area contributed by atoms with Gasteiger partial charge in [0, 0.05) is 18.2 Å². The molecule has 1 saturated carbocycles. The first-order valence-electron chi connectivity index (χ1n) is 6.69. The second kappa shape index (κ2) is 5.89. The molecular formula is C15H21NO2. The van der Waals surface area contributed by atoms with Crippen molar-refractivity contribution >= 4 is 11.7 Å². The molecule has 0 aliphatic heterocycles. The lowest BCUT2D eigenvalue weighted by Crippen LogP contribution is -2.27. The Balaban J connectivity index is 1.84. The fourth-order valence-corrected chi connectivity index (χ4v) is 2.71. The molecule has 3 heteroatoms. The van der Waals surface area contributed by atoms with E-state index in [0.717, 1.165) is 25.7 Å². The first-order chi connectivity index (χ1) is 8.65. The van der Waals surface area contributed by atoms with Crippen molar-refractivity contribution in [3.63, 3.8) is 0 Å². The topological polar surface area (TPSA) is 49.3 Å². The van der Waals surface area contributed by atoms with Crippen molar-refractivity contribution in [3.05, 3.63) is 29.8 Å². The average Bonchev–Trinajstić information content (AvgIpc) is 2.34. The lowest BCUT2D eigenvalue weighted by molar-refractivity contribution is -0.138.